The number of hydrazine groups is 1. The highest BCUT2D eigenvalue weighted by Gasteiger charge is 2.34. The third-order valence-corrected chi connectivity index (χ3v) is 5.35. The first-order valence-corrected chi connectivity index (χ1v) is 9.42. The van der Waals surface area contributed by atoms with Gasteiger partial charge in [-0.05, 0) is 42.8 Å². The van der Waals surface area contributed by atoms with Gasteiger partial charge >= 0.3 is 0 Å². The molecule has 0 saturated carbocycles. The van der Waals surface area contributed by atoms with Gasteiger partial charge in [0.1, 0.15) is 6.04 Å². The molecule has 2 N–H and O–H groups in total. The van der Waals surface area contributed by atoms with Crippen LogP contribution in [0.3, 0.4) is 0 Å². The summed E-state index contributed by atoms with van der Waals surface area (Å²) in [6, 6.07) is 10.4. The maximum absolute atomic E-state index is 12.5. The van der Waals surface area contributed by atoms with Crippen molar-refractivity contribution < 1.29 is 14.4 Å². The summed E-state index contributed by atoms with van der Waals surface area (Å²) in [6.07, 6.45) is 1.68. The average molecular weight is 371 g/mol. The summed E-state index contributed by atoms with van der Waals surface area (Å²) in [5.74, 6) is -0.787. The Bertz CT molecular complexity index is 804. The molecular weight excluding hydrogens is 350 g/mol. The molecule has 6 nitrogen and oxygen atoms in total. The predicted octanol–water partition coefficient (Wildman–Crippen LogP) is 2.05. The molecule has 3 amide bonds. The number of likely N-dealkylation sites (tertiary alicyclic amines) is 1. The molecule has 136 valence electrons. The first-order valence-electron chi connectivity index (χ1n) is 8.54. The zero-order chi connectivity index (χ0) is 18.5. The molecule has 1 fully saturated rings. The van der Waals surface area contributed by atoms with Crippen LogP contribution in [0.5, 0.6) is 0 Å². The lowest BCUT2D eigenvalue weighted by Crippen LogP contribution is -2.51. The summed E-state index contributed by atoms with van der Waals surface area (Å²) in [7, 11) is 0. The number of nitrogens with zero attached hydrogens (tertiary/aromatic N) is 1. The molecule has 2 heterocycles. The number of hydrogen-bond donors (Lipinski definition) is 2. The van der Waals surface area contributed by atoms with Crippen LogP contribution < -0.4 is 10.9 Å². The van der Waals surface area contributed by atoms with E-state index >= 15 is 0 Å². The molecule has 1 aliphatic rings. The van der Waals surface area contributed by atoms with Crippen LogP contribution in [0.25, 0.3) is 0 Å². The van der Waals surface area contributed by atoms with Crippen LogP contribution in [-0.4, -0.2) is 35.2 Å². The number of nitrogens with one attached hydrogen (secondary N) is 2. The lowest BCUT2D eigenvalue weighted by molar-refractivity contribution is -0.138. The van der Waals surface area contributed by atoms with Gasteiger partial charge in [0.2, 0.25) is 5.91 Å². The van der Waals surface area contributed by atoms with Crippen LogP contribution >= 0.6 is 11.3 Å². The maximum Gasteiger partial charge on any atom is 0.269 e. The fourth-order valence-corrected chi connectivity index (χ4v) is 3.79. The Hall–Kier alpha value is -2.67. The predicted molar refractivity (Wildman–Crippen MR) is 99.5 cm³/mol. The van der Waals surface area contributed by atoms with Crippen molar-refractivity contribution in [1.82, 2.24) is 15.8 Å². The van der Waals surface area contributed by atoms with Crippen molar-refractivity contribution in [2.75, 3.05) is 6.54 Å². The summed E-state index contributed by atoms with van der Waals surface area (Å²) in [5, 5.41) is 1.93. The molecular formula is C19H21N3O3S. The van der Waals surface area contributed by atoms with Gasteiger partial charge in [0.15, 0.2) is 0 Å². The number of carbonyl (C=O) groups excluding carboxylic acids is 3. The number of thiophene rings is 1. The lowest BCUT2D eigenvalue weighted by Gasteiger charge is -2.24. The number of carbonyl (C=O) groups is 3. The fourth-order valence-electron chi connectivity index (χ4n) is 3.10. The molecule has 0 radical (unpaired) electrons. The normalized spacial score (nSPS) is 16.3. The Morgan fingerprint density at radius 3 is 2.69 bits per heavy atom. The largest absolute Gasteiger partial charge is 0.330 e. The molecule has 1 aromatic heterocycles. The second-order valence-corrected chi connectivity index (χ2v) is 7.29. The van der Waals surface area contributed by atoms with Gasteiger partial charge in [-0.2, -0.15) is 0 Å². The molecule has 1 unspecified atom stereocenters. The van der Waals surface area contributed by atoms with E-state index in [-0.39, 0.29) is 17.7 Å². The van der Waals surface area contributed by atoms with Crippen molar-refractivity contribution in [3.63, 3.8) is 0 Å². The number of hydrogen-bond acceptors (Lipinski definition) is 4. The average Bonchev–Trinajstić information content (AvgIpc) is 3.31. The molecule has 0 bridgehead atoms. The van der Waals surface area contributed by atoms with E-state index < -0.39 is 6.04 Å². The Morgan fingerprint density at radius 1 is 1.15 bits per heavy atom. The summed E-state index contributed by atoms with van der Waals surface area (Å²) < 4.78 is 0. The van der Waals surface area contributed by atoms with Crippen molar-refractivity contribution in [3.05, 3.63) is 57.8 Å². The standard InChI is InChI=1S/C19H21N3O3S/c1-13-6-2-3-8-15(13)18(24)20-21-19(25)16-9-4-10-22(16)17(23)12-14-7-5-11-26-14/h2-3,5-8,11,16H,4,9-10,12H2,1H3,(H,20,24)(H,21,25). The van der Waals surface area contributed by atoms with E-state index in [0.717, 1.165) is 16.9 Å². The van der Waals surface area contributed by atoms with E-state index in [1.165, 1.54) is 11.3 Å². The van der Waals surface area contributed by atoms with E-state index in [4.69, 9.17) is 0 Å². The van der Waals surface area contributed by atoms with E-state index in [1.807, 2.05) is 36.6 Å². The third-order valence-electron chi connectivity index (χ3n) is 4.47. The molecule has 0 spiro atoms. The van der Waals surface area contributed by atoms with Gasteiger partial charge < -0.3 is 4.90 Å². The number of amides is 3. The topological polar surface area (TPSA) is 78.5 Å². The highest BCUT2D eigenvalue weighted by atomic mass is 32.1. The van der Waals surface area contributed by atoms with E-state index in [2.05, 4.69) is 10.9 Å². The molecule has 26 heavy (non-hydrogen) atoms. The molecule has 3 rings (SSSR count). The van der Waals surface area contributed by atoms with E-state index in [9.17, 15) is 14.4 Å². The van der Waals surface area contributed by atoms with Gasteiger partial charge in [-0.1, -0.05) is 24.3 Å². The van der Waals surface area contributed by atoms with Crippen LogP contribution in [0.4, 0.5) is 0 Å². The minimum absolute atomic E-state index is 0.0599. The van der Waals surface area contributed by atoms with Gasteiger partial charge in [0, 0.05) is 17.0 Å². The summed E-state index contributed by atoms with van der Waals surface area (Å²) in [6.45, 7) is 2.40. The van der Waals surface area contributed by atoms with Crippen LogP contribution in [0.1, 0.15) is 33.6 Å². The van der Waals surface area contributed by atoms with Crippen LogP contribution in [0.2, 0.25) is 0 Å². The van der Waals surface area contributed by atoms with Crippen LogP contribution in [-0.2, 0) is 16.0 Å². The van der Waals surface area contributed by atoms with Crippen molar-refractivity contribution >= 4 is 29.1 Å². The fraction of sp³-hybridized carbons (Fsp3) is 0.316. The van der Waals surface area contributed by atoms with Gasteiger partial charge in [0.25, 0.3) is 11.8 Å². The molecule has 1 aromatic carbocycles. The van der Waals surface area contributed by atoms with Gasteiger partial charge in [-0.25, -0.2) is 0 Å². The van der Waals surface area contributed by atoms with Gasteiger partial charge in [-0.15, -0.1) is 11.3 Å². The van der Waals surface area contributed by atoms with E-state index in [0.29, 0.717) is 24.9 Å². The Balaban J connectivity index is 1.57. The Kier molecular flexibility index (Phi) is 5.68. The minimum atomic E-state index is -0.542. The smallest absolute Gasteiger partial charge is 0.269 e. The zero-order valence-electron chi connectivity index (χ0n) is 14.5. The van der Waals surface area contributed by atoms with Crippen molar-refractivity contribution in [3.8, 4) is 0 Å². The first-order chi connectivity index (χ1) is 12.6. The van der Waals surface area contributed by atoms with Crippen molar-refractivity contribution in [1.29, 1.82) is 0 Å². The highest BCUT2D eigenvalue weighted by molar-refractivity contribution is 7.10. The third kappa shape index (κ3) is 4.11. The quantitative estimate of drug-likeness (QED) is 0.808. The van der Waals surface area contributed by atoms with Crippen LogP contribution in [0, 0.1) is 6.92 Å². The minimum Gasteiger partial charge on any atom is -0.330 e. The van der Waals surface area contributed by atoms with Crippen molar-refractivity contribution in [2.24, 2.45) is 0 Å². The molecule has 7 heteroatoms. The Labute approximate surface area is 156 Å². The number of rotatable bonds is 4. The monoisotopic (exact) mass is 371 g/mol. The summed E-state index contributed by atoms with van der Waals surface area (Å²) >= 11 is 1.53. The highest BCUT2D eigenvalue weighted by Crippen LogP contribution is 2.20. The second kappa shape index (κ2) is 8.14. The molecule has 1 saturated heterocycles. The van der Waals surface area contributed by atoms with Gasteiger partial charge in [0.05, 0.1) is 6.42 Å². The van der Waals surface area contributed by atoms with Crippen molar-refractivity contribution in [2.45, 2.75) is 32.2 Å². The lowest BCUT2D eigenvalue weighted by atomic mass is 10.1. The SMILES string of the molecule is Cc1ccccc1C(=O)NNC(=O)C1CCCN1C(=O)Cc1cccs1. The first kappa shape index (κ1) is 18.1. The van der Waals surface area contributed by atoms with Gasteiger partial charge in [-0.3, -0.25) is 25.2 Å². The maximum atomic E-state index is 12.5. The van der Waals surface area contributed by atoms with Crippen LogP contribution in [0.15, 0.2) is 41.8 Å². The molecule has 1 aliphatic heterocycles. The van der Waals surface area contributed by atoms with E-state index in [1.54, 1.807) is 17.0 Å². The Morgan fingerprint density at radius 2 is 1.96 bits per heavy atom. The molecule has 0 aliphatic carbocycles. The summed E-state index contributed by atoms with van der Waals surface area (Å²) in [4.78, 5) is 39.8. The number of aryl methyl sites for hydroxylation is 1. The second-order valence-electron chi connectivity index (χ2n) is 6.26. The molecule has 1 atom stereocenters. The number of benzene rings is 1. The zero-order valence-corrected chi connectivity index (χ0v) is 15.3. The molecule has 2 aromatic rings. The summed E-state index contributed by atoms with van der Waals surface area (Å²) in [5.41, 5.74) is 6.24.